The maximum atomic E-state index is 13.3. The van der Waals surface area contributed by atoms with Gasteiger partial charge >= 0.3 is 0 Å². The Labute approximate surface area is 232 Å². The van der Waals surface area contributed by atoms with Gasteiger partial charge in [-0.05, 0) is 74.2 Å². The van der Waals surface area contributed by atoms with Crippen molar-refractivity contribution in [3.63, 3.8) is 0 Å². The van der Waals surface area contributed by atoms with E-state index in [9.17, 15) is 9.59 Å². The molecular weight excluding hydrogens is 502 g/mol. The number of nitrogens with one attached hydrogen (secondary N) is 3. The average Bonchev–Trinajstić information content (AvgIpc) is 3.60. The third-order valence-corrected chi connectivity index (χ3v) is 7.89. The van der Waals surface area contributed by atoms with Crippen molar-refractivity contribution in [1.29, 1.82) is 0 Å². The molecule has 40 heavy (non-hydrogen) atoms. The Hall–Kier alpha value is -4.59. The minimum absolute atomic E-state index is 0.0129. The van der Waals surface area contributed by atoms with Crippen molar-refractivity contribution in [2.75, 3.05) is 26.7 Å². The largest absolute Gasteiger partial charge is 0.497 e. The molecule has 8 nitrogen and oxygen atoms in total. The Bertz CT molecular complexity index is 1690. The number of para-hydroxylation sites is 1. The van der Waals surface area contributed by atoms with Crippen LogP contribution < -0.4 is 10.1 Å². The number of H-pyrrole nitrogens is 2. The summed E-state index contributed by atoms with van der Waals surface area (Å²) in [5.41, 5.74) is 6.10. The summed E-state index contributed by atoms with van der Waals surface area (Å²) in [6.07, 6.45) is 4.26. The van der Waals surface area contributed by atoms with Gasteiger partial charge in [0.15, 0.2) is 0 Å². The van der Waals surface area contributed by atoms with E-state index in [0.717, 1.165) is 52.8 Å². The molecule has 8 heteroatoms. The zero-order valence-electron chi connectivity index (χ0n) is 22.8. The minimum Gasteiger partial charge on any atom is -0.497 e. The molecule has 5 aromatic rings. The summed E-state index contributed by atoms with van der Waals surface area (Å²) in [5.74, 6) is 0.760. The highest BCUT2D eigenvalue weighted by molar-refractivity contribution is 5.98. The van der Waals surface area contributed by atoms with Crippen LogP contribution in [0.2, 0.25) is 0 Å². The van der Waals surface area contributed by atoms with Crippen LogP contribution in [0.1, 0.15) is 56.6 Å². The molecular formula is C32H33N5O3. The molecule has 0 spiro atoms. The van der Waals surface area contributed by atoms with Gasteiger partial charge in [-0.3, -0.25) is 14.6 Å². The van der Waals surface area contributed by atoms with Crippen molar-refractivity contribution in [3.05, 3.63) is 95.1 Å². The fourth-order valence-electron chi connectivity index (χ4n) is 5.70. The molecule has 204 valence electrons. The molecule has 0 atom stereocenters. The molecule has 0 bridgehead atoms. The van der Waals surface area contributed by atoms with Crippen LogP contribution in [0.25, 0.3) is 21.8 Å². The van der Waals surface area contributed by atoms with E-state index in [2.05, 4.69) is 27.4 Å². The number of piperidine rings is 1. The van der Waals surface area contributed by atoms with E-state index >= 15 is 0 Å². The average molecular weight is 536 g/mol. The summed E-state index contributed by atoms with van der Waals surface area (Å²) < 4.78 is 5.31. The Balaban J connectivity index is 1.10. The number of fused-ring (bicyclic) bond motifs is 2. The molecule has 3 N–H and O–H groups in total. The van der Waals surface area contributed by atoms with Crippen molar-refractivity contribution in [2.45, 2.75) is 32.1 Å². The van der Waals surface area contributed by atoms with Crippen LogP contribution in [-0.4, -0.2) is 58.4 Å². The number of carbonyl (C=O) groups is 2. The van der Waals surface area contributed by atoms with Crippen molar-refractivity contribution in [1.82, 2.24) is 25.2 Å². The summed E-state index contributed by atoms with van der Waals surface area (Å²) in [7, 11) is 1.63. The van der Waals surface area contributed by atoms with Gasteiger partial charge in [0, 0.05) is 59.2 Å². The van der Waals surface area contributed by atoms with Crippen LogP contribution in [0.4, 0.5) is 0 Å². The highest BCUT2D eigenvalue weighted by atomic mass is 16.5. The number of ether oxygens (including phenoxy) is 1. The van der Waals surface area contributed by atoms with Gasteiger partial charge in [-0.1, -0.05) is 18.2 Å². The number of aryl methyl sites for hydroxylation is 1. The van der Waals surface area contributed by atoms with Gasteiger partial charge in [-0.15, -0.1) is 0 Å². The number of likely N-dealkylation sites (tertiary alicyclic amines) is 1. The minimum atomic E-state index is -0.102. The first-order valence-corrected chi connectivity index (χ1v) is 13.8. The van der Waals surface area contributed by atoms with E-state index in [1.165, 1.54) is 10.9 Å². The lowest BCUT2D eigenvalue weighted by molar-refractivity contribution is 0.0705. The highest BCUT2D eigenvalue weighted by Gasteiger charge is 2.29. The topological polar surface area (TPSA) is 103 Å². The maximum Gasteiger partial charge on any atom is 0.270 e. The number of carbonyl (C=O) groups excluding carboxylic acids is 2. The second kappa shape index (κ2) is 10.9. The number of aromatic amines is 2. The maximum absolute atomic E-state index is 13.3. The number of methoxy groups -OCH3 is 1. The zero-order valence-corrected chi connectivity index (χ0v) is 22.8. The Morgan fingerprint density at radius 3 is 2.70 bits per heavy atom. The second-order valence-corrected chi connectivity index (χ2v) is 10.5. The number of pyridine rings is 1. The molecule has 1 aliphatic heterocycles. The van der Waals surface area contributed by atoms with Gasteiger partial charge in [0.1, 0.15) is 11.4 Å². The molecule has 1 aliphatic rings. The van der Waals surface area contributed by atoms with Gasteiger partial charge in [0.2, 0.25) is 0 Å². The smallest absolute Gasteiger partial charge is 0.270 e. The van der Waals surface area contributed by atoms with E-state index in [-0.39, 0.29) is 17.7 Å². The Morgan fingerprint density at radius 2 is 1.88 bits per heavy atom. The first kappa shape index (κ1) is 25.7. The monoisotopic (exact) mass is 535 g/mol. The van der Waals surface area contributed by atoms with Crippen LogP contribution in [0.15, 0.2) is 66.9 Å². The van der Waals surface area contributed by atoms with Crippen LogP contribution in [0.3, 0.4) is 0 Å². The van der Waals surface area contributed by atoms with Crippen molar-refractivity contribution >= 4 is 33.6 Å². The summed E-state index contributed by atoms with van der Waals surface area (Å²) in [4.78, 5) is 39.8. The third kappa shape index (κ3) is 5.04. The molecule has 2 amide bonds. The number of nitrogens with zero attached hydrogens (tertiary/aromatic N) is 2. The molecule has 0 unspecified atom stereocenters. The lowest BCUT2D eigenvalue weighted by Gasteiger charge is -2.32. The van der Waals surface area contributed by atoms with E-state index in [0.29, 0.717) is 30.9 Å². The summed E-state index contributed by atoms with van der Waals surface area (Å²) >= 11 is 0. The summed E-state index contributed by atoms with van der Waals surface area (Å²) in [6, 6.07) is 19.6. The van der Waals surface area contributed by atoms with Gasteiger partial charge in [0.25, 0.3) is 11.8 Å². The number of aromatic nitrogens is 3. The second-order valence-electron chi connectivity index (χ2n) is 10.5. The van der Waals surface area contributed by atoms with E-state index in [4.69, 9.17) is 9.72 Å². The molecule has 0 aliphatic carbocycles. The van der Waals surface area contributed by atoms with Crippen LogP contribution in [-0.2, 0) is 6.42 Å². The molecule has 2 aromatic carbocycles. The summed E-state index contributed by atoms with van der Waals surface area (Å²) in [6.45, 7) is 3.71. The molecule has 1 saturated heterocycles. The molecule has 6 rings (SSSR count). The van der Waals surface area contributed by atoms with Crippen molar-refractivity contribution < 1.29 is 14.3 Å². The lowest BCUT2D eigenvalue weighted by atomic mass is 9.89. The van der Waals surface area contributed by atoms with Gasteiger partial charge < -0.3 is 24.9 Å². The number of hydrogen-bond acceptors (Lipinski definition) is 4. The van der Waals surface area contributed by atoms with Crippen molar-refractivity contribution in [2.24, 2.45) is 0 Å². The first-order valence-electron chi connectivity index (χ1n) is 13.8. The molecule has 3 aromatic heterocycles. The normalized spacial score (nSPS) is 14.1. The highest BCUT2D eigenvalue weighted by Crippen LogP contribution is 2.31. The Kier molecular flexibility index (Phi) is 6.99. The molecule has 0 saturated carbocycles. The molecule has 0 radical (unpaired) electrons. The predicted molar refractivity (Wildman–Crippen MR) is 156 cm³/mol. The van der Waals surface area contributed by atoms with Crippen molar-refractivity contribution in [3.8, 4) is 5.75 Å². The van der Waals surface area contributed by atoms with Crippen LogP contribution in [0.5, 0.6) is 5.75 Å². The SMILES string of the molecule is COc1ccc2[nH]c(C(=O)N3CCC(c4nc(C)ccc4C(=O)NCCc4c[nH]c5ccccc45)CC3)cc2c1. The Morgan fingerprint density at radius 1 is 1.05 bits per heavy atom. The molecule has 1 fully saturated rings. The van der Waals surface area contributed by atoms with Gasteiger partial charge in [0.05, 0.1) is 18.4 Å². The van der Waals surface area contributed by atoms with Crippen LogP contribution in [0, 0.1) is 6.92 Å². The number of amides is 2. The van der Waals surface area contributed by atoms with Gasteiger partial charge in [-0.25, -0.2) is 0 Å². The fourth-order valence-corrected chi connectivity index (χ4v) is 5.70. The van der Waals surface area contributed by atoms with Gasteiger partial charge in [-0.2, -0.15) is 0 Å². The zero-order chi connectivity index (χ0) is 27.6. The van der Waals surface area contributed by atoms with Crippen LogP contribution >= 0.6 is 0 Å². The van der Waals surface area contributed by atoms with E-state index in [1.54, 1.807) is 7.11 Å². The number of rotatable bonds is 7. The predicted octanol–water partition coefficient (Wildman–Crippen LogP) is 5.35. The van der Waals surface area contributed by atoms with E-state index in [1.807, 2.05) is 66.6 Å². The standard InChI is InChI=1S/C32H33N5O3/c1-20-7-9-26(31(38)33-14-11-22-19-34-28-6-4-3-5-25(22)28)30(35-20)21-12-15-37(16-13-21)32(39)29-18-23-17-24(40-2)8-10-27(23)36-29/h3-10,17-19,21,34,36H,11-16H2,1-2H3,(H,33,38). The number of hydrogen-bond donors (Lipinski definition) is 3. The number of benzene rings is 2. The molecule has 4 heterocycles. The summed E-state index contributed by atoms with van der Waals surface area (Å²) in [5, 5.41) is 5.23. The first-order chi connectivity index (χ1) is 19.5. The van der Waals surface area contributed by atoms with E-state index < -0.39 is 0 Å². The third-order valence-electron chi connectivity index (χ3n) is 7.89. The quantitative estimate of drug-likeness (QED) is 0.261. The fraction of sp³-hybridized carbons (Fsp3) is 0.281. The lowest BCUT2D eigenvalue weighted by Crippen LogP contribution is -2.38.